The smallest absolute Gasteiger partial charge is 0.220 e. The number of thiocarbonyl (C=S) groups is 1. The third-order valence-electron chi connectivity index (χ3n) is 3.85. The normalized spacial score (nSPS) is 24.7. The van der Waals surface area contributed by atoms with Gasteiger partial charge in [-0.05, 0) is 43.8 Å². The zero-order chi connectivity index (χ0) is 13.9. The molecule has 18 heavy (non-hydrogen) atoms. The highest BCUT2D eigenvalue weighted by atomic mass is 32.2. The molecule has 4 heteroatoms. The summed E-state index contributed by atoms with van der Waals surface area (Å²) in [6.45, 7) is 10.6. The minimum absolute atomic E-state index is 0.00815. The van der Waals surface area contributed by atoms with Crippen molar-refractivity contribution < 1.29 is 9.53 Å². The number of rotatable bonds is 4. The van der Waals surface area contributed by atoms with Crippen LogP contribution in [-0.2, 0) is 9.53 Å². The van der Waals surface area contributed by atoms with Gasteiger partial charge in [-0.1, -0.05) is 39.0 Å². The van der Waals surface area contributed by atoms with Crippen molar-refractivity contribution in [2.75, 3.05) is 0 Å². The number of ether oxygens (including phenoxy) is 1. The maximum atomic E-state index is 12.0. The lowest BCUT2D eigenvalue weighted by Crippen LogP contribution is -2.32. The number of Topliss-reactive ketones (excluding diaryl/α,β-unsaturated/α-hetero) is 1. The fourth-order valence-corrected chi connectivity index (χ4v) is 4.23. The van der Waals surface area contributed by atoms with E-state index >= 15 is 0 Å². The lowest BCUT2D eigenvalue weighted by molar-refractivity contribution is -0.117. The second-order valence-electron chi connectivity index (χ2n) is 5.91. The number of carbonyl (C=O) groups excluding carboxylic acids is 1. The Balaban J connectivity index is 2.71. The molecule has 1 rings (SSSR count). The molecule has 0 aromatic heterocycles. The van der Waals surface area contributed by atoms with E-state index in [1.807, 2.05) is 13.8 Å². The van der Waals surface area contributed by atoms with Crippen molar-refractivity contribution in [3.8, 4) is 0 Å². The molecule has 1 aliphatic rings. The van der Waals surface area contributed by atoms with Gasteiger partial charge in [-0.2, -0.15) is 0 Å². The Morgan fingerprint density at radius 1 is 1.56 bits per heavy atom. The molecule has 0 radical (unpaired) electrons. The first kappa shape index (κ1) is 16.0. The molecule has 0 aliphatic heterocycles. The van der Waals surface area contributed by atoms with Crippen molar-refractivity contribution in [1.82, 2.24) is 0 Å². The zero-order valence-corrected chi connectivity index (χ0v) is 13.6. The molecule has 0 heterocycles. The van der Waals surface area contributed by atoms with Crippen LogP contribution in [0.25, 0.3) is 0 Å². The molecule has 104 valence electrons. The molecule has 0 bridgehead atoms. The summed E-state index contributed by atoms with van der Waals surface area (Å²) in [5, 5.41) is -0.00815. The van der Waals surface area contributed by atoms with Gasteiger partial charge in [0.25, 0.3) is 0 Å². The molecule has 2 atom stereocenters. The monoisotopic (exact) mass is 288 g/mol. The van der Waals surface area contributed by atoms with E-state index in [1.165, 1.54) is 11.8 Å². The Morgan fingerprint density at radius 3 is 2.67 bits per heavy atom. The van der Waals surface area contributed by atoms with Crippen LogP contribution in [0.5, 0.6) is 0 Å². The summed E-state index contributed by atoms with van der Waals surface area (Å²) in [6.07, 6.45) is 2.84. The van der Waals surface area contributed by atoms with E-state index in [-0.39, 0.29) is 16.8 Å². The lowest BCUT2D eigenvalue weighted by Gasteiger charge is -2.33. The molecule has 1 fully saturated rings. The molecule has 0 aromatic carbocycles. The summed E-state index contributed by atoms with van der Waals surface area (Å²) in [5.41, 5.74) is 0.192. The van der Waals surface area contributed by atoms with Gasteiger partial charge in [0.05, 0.1) is 11.4 Å². The fraction of sp³-hybridized carbons (Fsp3) is 0.857. The Bertz CT molecular complexity index is 324. The number of thioether (sulfide) groups is 1. The van der Waals surface area contributed by atoms with Crippen LogP contribution in [0, 0.1) is 11.3 Å². The summed E-state index contributed by atoms with van der Waals surface area (Å²) < 4.78 is 6.01. The molecule has 0 amide bonds. The van der Waals surface area contributed by atoms with Gasteiger partial charge in [-0.15, -0.1) is 0 Å². The zero-order valence-electron chi connectivity index (χ0n) is 12.0. The van der Waals surface area contributed by atoms with E-state index in [0.717, 1.165) is 12.8 Å². The lowest BCUT2D eigenvalue weighted by atomic mass is 9.75. The topological polar surface area (TPSA) is 26.3 Å². The van der Waals surface area contributed by atoms with Gasteiger partial charge in [-0.3, -0.25) is 4.79 Å². The van der Waals surface area contributed by atoms with Crippen LogP contribution >= 0.6 is 24.0 Å². The molecule has 2 nitrogen and oxygen atoms in total. The Labute approximate surface area is 120 Å². The highest BCUT2D eigenvalue weighted by Crippen LogP contribution is 2.45. The summed E-state index contributed by atoms with van der Waals surface area (Å²) >= 11 is 6.67. The number of hydrogen-bond acceptors (Lipinski definition) is 4. The average Bonchev–Trinajstić information content (AvgIpc) is 2.60. The summed E-state index contributed by atoms with van der Waals surface area (Å²) in [7, 11) is 0. The molecule has 2 unspecified atom stereocenters. The van der Waals surface area contributed by atoms with Gasteiger partial charge < -0.3 is 4.74 Å². The van der Waals surface area contributed by atoms with Crippen LogP contribution in [0.2, 0.25) is 0 Å². The summed E-state index contributed by atoms with van der Waals surface area (Å²) in [5.74, 6) is 0.745. The minimum Gasteiger partial charge on any atom is -0.476 e. The summed E-state index contributed by atoms with van der Waals surface area (Å²) in [6, 6.07) is 0. The van der Waals surface area contributed by atoms with Crippen LogP contribution in [0.4, 0.5) is 0 Å². The van der Waals surface area contributed by atoms with Crippen LogP contribution in [0.15, 0.2) is 0 Å². The third-order valence-corrected chi connectivity index (χ3v) is 5.37. The van der Waals surface area contributed by atoms with E-state index in [2.05, 4.69) is 20.8 Å². The second kappa shape index (κ2) is 6.38. The highest BCUT2D eigenvalue weighted by molar-refractivity contribution is 8.23. The Morgan fingerprint density at radius 2 is 2.17 bits per heavy atom. The average molecular weight is 288 g/mol. The Kier molecular flexibility index (Phi) is 5.66. The molecule has 1 aliphatic carbocycles. The summed E-state index contributed by atoms with van der Waals surface area (Å²) in [4.78, 5) is 12.0. The van der Waals surface area contributed by atoms with Gasteiger partial charge >= 0.3 is 0 Å². The number of carbonyl (C=O) groups is 1. The van der Waals surface area contributed by atoms with E-state index in [0.29, 0.717) is 22.5 Å². The number of ketones is 1. The van der Waals surface area contributed by atoms with Crippen LogP contribution < -0.4 is 0 Å². The predicted octanol–water partition coefficient (Wildman–Crippen LogP) is 4.21. The van der Waals surface area contributed by atoms with Crippen LogP contribution in [0.1, 0.15) is 53.9 Å². The molecule has 0 aromatic rings. The molecular weight excluding hydrogens is 264 g/mol. The maximum Gasteiger partial charge on any atom is 0.220 e. The quantitative estimate of drug-likeness (QED) is 0.724. The van der Waals surface area contributed by atoms with Crippen molar-refractivity contribution in [2.24, 2.45) is 11.3 Å². The fourth-order valence-electron chi connectivity index (χ4n) is 2.35. The van der Waals surface area contributed by atoms with E-state index in [4.69, 9.17) is 17.0 Å². The highest BCUT2D eigenvalue weighted by Gasteiger charge is 2.43. The van der Waals surface area contributed by atoms with Gasteiger partial charge in [0.2, 0.25) is 4.38 Å². The largest absolute Gasteiger partial charge is 0.476 e. The van der Waals surface area contributed by atoms with Crippen molar-refractivity contribution in [3.05, 3.63) is 0 Å². The first-order chi connectivity index (χ1) is 8.27. The third kappa shape index (κ3) is 3.95. The first-order valence-corrected chi connectivity index (χ1v) is 7.96. The van der Waals surface area contributed by atoms with E-state index in [9.17, 15) is 4.79 Å². The predicted molar refractivity (Wildman–Crippen MR) is 82.0 cm³/mol. The number of hydrogen-bond donors (Lipinski definition) is 0. The van der Waals surface area contributed by atoms with E-state index in [1.54, 1.807) is 0 Å². The van der Waals surface area contributed by atoms with Gasteiger partial charge in [0.15, 0.2) is 0 Å². The Hall–Kier alpha value is -0.0900. The first-order valence-electron chi connectivity index (χ1n) is 6.68. The molecule has 0 saturated heterocycles. The van der Waals surface area contributed by atoms with Crippen molar-refractivity contribution in [3.63, 3.8) is 0 Å². The molecular formula is C14H24O2S2. The SMILES string of the molecule is CCC(C)(C)C1CCC(=O)C1SC(=S)OC(C)C. The van der Waals surface area contributed by atoms with Crippen molar-refractivity contribution in [2.45, 2.75) is 65.2 Å². The standard InChI is InChI=1S/C14H24O2S2/c1-6-14(4,5)10-7-8-11(15)12(10)18-13(17)16-9(2)3/h9-10,12H,6-8H2,1-5H3. The maximum absolute atomic E-state index is 12.0. The van der Waals surface area contributed by atoms with Crippen molar-refractivity contribution >= 4 is 34.1 Å². The van der Waals surface area contributed by atoms with Gasteiger partial charge in [0.1, 0.15) is 5.78 Å². The second-order valence-corrected chi connectivity index (χ2v) is 7.65. The van der Waals surface area contributed by atoms with Gasteiger partial charge in [-0.25, -0.2) is 0 Å². The van der Waals surface area contributed by atoms with Crippen LogP contribution in [-0.4, -0.2) is 21.5 Å². The van der Waals surface area contributed by atoms with E-state index < -0.39 is 0 Å². The van der Waals surface area contributed by atoms with Crippen molar-refractivity contribution in [1.29, 1.82) is 0 Å². The minimum atomic E-state index is -0.00815. The molecule has 0 N–H and O–H groups in total. The van der Waals surface area contributed by atoms with Gasteiger partial charge in [0, 0.05) is 6.42 Å². The molecule has 0 spiro atoms. The molecule has 1 saturated carbocycles. The van der Waals surface area contributed by atoms with Crippen LogP contribution in [0.3, 0.4) is 0 Å².